The predicted molar refractivity (Wildman–Crippen MR) is 184 cm³/mol. The van der Waals surface area contributed by atoms with E-state index < -0.39 is 35.7 Å². The van der Waals surface area contributed by atoms with Gasteiger partial charge in [0, 0.05) is 39.8 Å². The zero-order chi connectivity index (χ0) is 35.1. The topological polar surface area (TPSA) is 165 Å². The highest BCUT2D eigenvalue weighted by atomic mass is 35.5. The van der Waals surface area contributed by atoms with Crippen LogP contribution in [0.15, 0.2) is 70.6 Å². The van der Waals surface area contributed by atoms with Crippen molar-refractivity contribution in [1.29, 1.82) is 0 Å². The molecule has 1 fully saturated rings. The van der Waals surface area contributed by atoms with E-state index in [-0.39, 0.29) is 42.8 Å². The molecule has 3 aliphatic rings. The summed E-state index contributed by atoms with van der Waals surface area (Å²) in [5, 5.41) is 14.5. The Hall–Kier alpha value is -5.34. The number of aryl methyl sites for hydroxylation is 1. The predicted octanol–water partition coefficient (Wildman–Crippen LogP) is 3.83. The van der Waals surface area contributed by atoms with Gasteiger partial charge >= 0.3 is 0 Å². The van der Waals surface area contributed by atoms with Crippen molar-refractivity contribution < 1.29 is 28.7 Å². The molecule has 1 aromatic heterocycles. The van der Waals surface area contributed by atoms with E-state index in [4.69, 9.17) is 21.3 Å². The number of rotatable bonds is 9. The second-order valence-electron chi connectivity index (χ2n) is 11.9. The van der Waals surface area contributed by atoms with Crippen molar-refractivity contribution in [1.82, 2.24) is 30.3 Å². The number of halogens is 1. The zero-order valence-corrected chi connectivity index (χ0v) is 28.5. The van der Waals surface area contributed by atoms with E-state index in [0.717, 1.165) is 21.7 Å². The summed E-state index contributed by atoms with van der Waals surface area (Å²) in [7, 11) is 1.59. The number of thioether (sulfide) groups is 1. The highest BCUT2D eigenvalue weighted by Crippen LogP contribution is 2.36. The number of hydrogen-bond donors (Lipinski definition) is 2. The number of aromatic nitrogens is 3. The van der Waals surface area contributed by atoms with Crippen LogP contribution >= 0.6 is 23.4 Å². The first-order valence-electron chi connectivity index (χ1n) is 15.8. The Balaban J connectivity index is 1.07. The van der Waals surface area contributed by atoms with Gasteiger partial charge in [0.25, 0.3) is 11.8 Å². The second-order valence-corrected chi connectivity index (χ2v) is 13.4. The summed E-state index contributed by atoms with van der Waals surface area (Å²) < 4.78 is 7.44. The molecule has 1 unspecified atom stereocenters. The number of piperidine rings is 1. The number of nitrogens with one attached hydrogen (secondary N) is 2. The molecular weight excluding hydrogens is 682 g/mol. The Morgan fingerprint density at radius 1 is 1.04 bits per heavy atom. The number of nitrogens with zero attached hydrogens (tertiary/aromatic N) is 5. The van der Waals surface area contributed by atoms with Gasteiger partial charge in [0.15, 0.2) is 5.82 Å². The van der Waals surface area contributed by atoms with Crippen LogP contribution < -0.4 is 15.4 Å². The fraction of sp³-hybridized carbons (Fsp3) is 0.257. The maximum Gasteiger partial charge on any atom is 0.263 e. The Kier molecular flexibility index (Phi) is 8.97. The zero-order valence-electron chi connectivity index (χ0n) is 26.9. The Labute approximate surface area is 295 Å². The van der Waals surface area contributed by atoms with Crippen LogP contribution in [0.5, 0.6) is 5.75 Å². The van der Waals surface area contributed by atoms with Crippen molar-refractivity contribution in [3.05, 3.63) is 99.6 Å². The Bertz CT molecular complexity index is 2110. The highest BCUT2D eigenvalue weighted by Gasteiger charge is 2.45. The van der Waals surface area contributed by atoms with Crippen molar-refractivity contribution in [3.63, 3.8) is 0 Å². The fourth-order valence-corrected chi connectivity index (χ4v) is 7.45. The molecule has 0 radical (unpaired) electrons. The van der Waals surface area contributed by atoms with Crippen LogP contribution in [-0.4, -0.2) is 80.4 Å². The van der Waals surface area contributed by atoms with Crippen molar-refractivity contribution in [2.24, 2.45) is 4.99 Å². The van der Waals surface area contributed by atoms with Gasteiger partial charge in [-0.25, -0.2) is 0 Å². The first kappa shape index (κ1) is 33.2. The summed E-state index contributed by atoms with van der Waals surface area (Å²) >= 11 is 7.51. The molecule has 254 valence electrons. The first-order chi connectivity index (χ1) is 24.1. The maximum atomic E-state index is 13.4. The van der Waals surface area contributed by atoms with Crippen molar-refractivity contribution in [2.75, 3.05) is 19.4 Å². The van der Waals surface area contributed by atoms with Gasteiger partial charge in [-0.05, 0) is 55.8 Å². The van der Waals surface area contributed by atoms with Crippen molar-refractivity contribution in [2.45, 2.75) is 43.2 Å². The summed E-state index contributed by atoms with van der Waals surface area (Å²) in [6.45, 7) is 2.10. The van der Waals surface area contributed by atoms with Gasteiger partial charge < -0.3 is 10.1 Å². The van der Waals surface area contributed by atoms with Gasteiger partial charge in [-0.15, -0.1) is 22.0 Å². The van der Waals surface area contributed by atoms with Gasteiger partial charge in [0.2, 0.25) is 17.7 Å². The molecular formula is C35H30ClN7O6S. The minimum absolute atomic E-state index is 0.0142. The molecule has 2 N–H and O–H groups in total. The fourth-order valence-electron chi connectivity index (χ4n) is 6.38. The van der Waals surface area contributed by atoms with Crippen LogP contribution in [0.2, 0.25) is 5.02 Å². The Morgan fingerprint density at radius 3 is 2.60 bits per heavy atom. The number of hydrogen-bond acceptors (Lipinski definition) is 10. The van der Waals surface area contributed by atoms with Crippen LogP contribution in [0.4, 0.5) is 0 Å². The van der Waals surface area contributed by atoms with Crippen LogP contribution in [-0.2, 0) is 14.4 Å². The maximum absolute atomic E-state index is 13.4. The summed E-state index contributed by atoms with van der Waals surface area (Å²) in [6, 6.07) is 16.2. The highest BCUT2D eigenvalue weighted by molar-refractivity contribution is 7.99. The summed E-state index contributed by atoms with van der Waals surface area (Å²) in [6.07, 6.45) is 0.103. The molecule has 4 aromatic rings. The summed E-state index contributed by atoms with van der Waals surface area (Å²) in [5.74, 6) is -0.310. The lowest BCUT2D eigenvalue weighted by Gasteiger charge is -2.27. The third kappa shape index (κ3) is 6.05. The number of carbonyl (C=O) groups excluding carboxylic acids is 5. The normalized spacial score (nSPS) is 18.1. The number of benzene rings is 3. The van der Waals surface area contributed by atoms with Crippen molar-refractivity contribution in [3.8, 4) is 11.4 Å². The van der Waals surface area contributed by atoms with Crippen LogP contribution in [0.1, 0.15) is 68.8 Å². The number of amides is 5. The van der Waals surface area contributed by atoms with E-state index in [1.807, 2.05) is 41.8 Å². The van der Waals surface area contributed by atoms with Crippen LogP contribution in [0, 0.1) is 6.92 Å². The molecule has 1 saturated heterocycles. The van der Waals surface area contributed by atoms with Gasteiger partial charge in [-0.2, -0.15) is 0 Å². The third-order valence-corrected chi connectivity index (χ3v) is 10.1. The smallest absolute Gasteiger partial charge is 0.263 e. The summed E-state index contributed by atoms with van der Waals surface area (Å²) in [4.78, 5) is 70.7. The molecule has 5 amide bonds. The third-order valence-electron chi connectivity index (χ3n) is 8.74. The molecule has 0 spiro atoms. The number of imide groups is 2. The van der Waals surface area contributed by atoms with Crippen molar-refractivity contribution >= 4 is 58.6 Å². The molecule has 0 aliphatic carbocycles. The second kappa shape index (κ2) is 13.5. The summed E-state index contributed by atoms with van der Waals surface area (Å²) in [5.41, 5.74) is 3.46. The number of aliphatic imine (C=N–C) groups is 1. The molecule has 7 rings (SSSR count). The molecule has 3 aliphatic heterocycles. The molecule has 0 saturated carbocycles. The average molecular weight is 712 g/mol. The van der Waals surface area contributed by atoms with Gasteiger partial charge in [0.1, 0.15) is 23.7 Å². The lowest BCUT2D eigenvalue weighted by atomic mass is 10.00. The van der Waals surface area contributed by atoms with E-state index in [1.165, 1.54) is 11.8 Å². The van der Waals surface area contributed by atoms with E-state index in [2.05, 4.69) is 20.8 Å². The molecule has 0 bridgehead atoms. The Morgan fingerprint density at radius 2 is 1.84 bits per heavy atom. The van der Waals surface area contributed by atoms with Gasteiger partial charge in [-0.3, -0.25) is 43.7 Å². The molecule has 13 nitrogen and oxygen atoms in total. The molecule has 15 heteroatoms. The quantitative estimate of drug-likeness (QED) is 0.149. The minimum Gasteiger partial charge on any atom is -0.497 e. The first-order valence-corrected chi connectivity index (χ1v) is 17.2. The number of fused-ring (bicyclic) bond motifs is 4. The molecule has 4 heterocycles. The van der Waals surface area contributed by atoms with E-state index in [1.54, 1.807) is 37.4 Å². The van der Waals surface area contributed by atoms with E-state index >= 15 is 0 Å². The van der Waals surface area contributed by atoms with E-state index in [9.17, 15) is 24.0 Å². The number of ether oxygens (including phenoxy) is 1. The van der Waals surface area contributed by atoms with Crippen LogP contribution in [0.3, 0.4) is 0 Å². The lowest BCUT2D eigenvalue weighted by Crippen LogP contribution is -2.54. The van der Waals surface area contributed by atoms with Gasteiger partial charge in [0.05, 0.1) is 36.1 Å². The molecule has 50 heavy (non-hydrogen) atoms. The minimum atomic E-state index is -1.05. The SMILES string of the molecule is COc1ccc2c(c1)C(c1ccc(Cl)cc1)=N[C@@H](CC(=O)NCCSc1cccc3c1C(=O)N(C1CCC(=O)NC1=O)C3=O)c1nnc(C)n1-2. The van der Waals surface area contributed by atoms with E-state index in [0.29, 0.717) is 38.8 Å². The monoisotopic (exact) mass is 711 g/mol. The lowest BCUT2D eigenvalue weighted by molar-refractivity contribution is -0.136. The van der Waals surface area contributed by atoms with Gasteiger partial charge in [-0.1, -0.05) is 29.8 Å². The molecule has 3 aromatic carbocycles. The van der Waals surface area contributed by atoms with Crippen LogP contribution in [0.25, 0.3) is 5.69 Å². The largest absolute Gasteiger partial charge is 0.497 e. The number of carbonyl (C=O) groups is 5. The standard InChI is InChI=1S/C35H30ClN7O6S/c1-18-40-41-32-24(38-31(19-6-8-20(36)9-7-19)23-16-21(49-2)10-11-25(23)42(18)32)17-29(45)37-14-15-50-27-5-3-4-22-30(27)35(48)43(34(22)47)26-12-13-28(44)39-33(26)46/h3-11,16,24,26H,12-15,17H2,1-2H3,(H,37,45)(H,39,44,46)/t24-,26?/m0/s1. The molecule has 2 atom stereocenters. The average Bonchev–Trinajstić information content (AvgIpc) is 3.56. The number of methoxy groups -OCH3 is 1.